The molecule has 6 heteroatoms. The lowest BCUT2D eigenvalue weighted by Gasteiger charge is -2.32. The summed E-state index contributed by atoms with van der Waals surface area (Å²) in [6, 6.07) is 0. The summed E-state index contributed by atoms with van der Waals surface area (Å²) < 4.78 is 12.2. The zero-order chi connectivity index (χ0) is 36.1. The van der Waals surface area contributed by atoms with Crippen LogP contribution >= 0.6 is 9.24 Å². The van der Waals surface area contributed by atoms with Gasteiger partial charge in [0.1, 0.15) is 13.2 Å². The van der Waals surface area contributed by atoms with E-state index in [4.69, 9.17) is 9.47 Å². The number of likely N-dealkylation sites (N-methyl/N-ethyl adjacent to an activating group) is 1. The van der Waals surface area contributed by atoms with Crippen molar-refractivity contribution in [3.05, 3.63) is 24.3 Å². The number of nitrogens with zero attached hydrogens (tertiary/aromatic N) is 1. The summed E-state index contributed by atoms with van der Waals surface area (Å²) in [7, 11) is 7.06. The van der Waals surface area contributed by atoms with E-state index in [1.54, 1.807) is 0 Å². The zero-order valence-corrected chi connectivity index (χ0v) is 34.3. The predicted octanol–water partition coefficient (Wildman–Crippen LogP) is 12.5. The Hall–Kier alpha value is -1.19. The first kappa shape index (κ1) is 47.8. The van der Waals surface area contributed by atoms with Crippen LogP contribution in [0.2, 0.25) is 0 Å². The number of hydrogen-bond acceptors (Lipinski definition) is 4. The van der Waals surface area contributed by atoms with E-state index in [0.29, 0.717) is 19.4 Å². The van der Waals surface area contributed by atoms with Crippen molar-refractivity contribution >= 4 is 21.2 Å². The van der Waals surface area contributed by atoms with Crippen LogP contribution in [0.5, 0.6) is 0 Å². The van der Waals surface area contributed by atoms with E-state index in [1.807, 2.05) is 0 Å². The molecule has 0 amide bonds. The van der Waals surface area contributed by atoms with Crippen LogP contribution in [0.25, 0.3) is 0 Å². The topological polar surface area (TPSA) is 52.6 Å². The smallest absolute Gasteiger partial charge is 0.306 e. The monoisotopic (exact) mass is 709 g/mol. The Kier molecular flexibility index (Phi) is 35.7. The molecule has 5 nitrogen and oxygen atoms in total. The maximum Gasteiger partial charge on any atom is 0.306 e. The van der Waals surface area contributed by atoms with Crippen molar-refractivity contribution in [2.24, 2.45) is 0 Å². The first-order valence-electron chi connectivity index (χ1n) is 21.0. The average molecular weight is 709 g/mol. The van der Waals surface area contributed by atoms with Gasteiger partial charge in [0.25, 0.3) is 0 Å². The third-order valence-corrected chi connectivity index (χ3v) is 9.70. The van der Waals surface area contributed by atoms with E-state index >= 15 is 0 Å². The summed E-state index contributed by atoms with van der Waals surface area (Å²) in [6.45, 7) is 6.29. The van der Waals surface area contributed by atoms with Crippen molar-refractivity contribution in [2.75, 3.05) is 40.0 Å². The van der Waals surface area contributed by atoms with Gasteiger partial charge in [0.05, 0.1) is 20.6 Å². The van der Waals surface area contributed by atoms with Crippen molar-refractivity contribution in [3.8, 4) is 0 Å². The molecule has 2 atom stereocenters. The number of allylic oxidation sites excluding steroid dienone is 4. The number of hydrogen-bond donors (Lipinski definition) is 0. The lowest BCUT2D eigenvalue weighted by Crippen LogP contribution is -2.49. The van der Waals surface area contributed by atoms with E-state index in [1.165, 1.54) is 128 Å². The number of unbranched alkanes of at least 4 members (excludes halogenated alkanes) is 22. The van der Waals surface area contributed by atoms with Crippen LogP contribution in [-0.2, 0) is 19.1 Å². The van der Waals surface area contributed by atoms with Crippen LogP contribution in [0.3, 0.4) is 0 Å². The maximum atomic E-state index is 12.7. The second-order valence-corrected chi connectivity index (χ2v) is 15.7. The van der Waals surface area contributed by atoms with Gasteiger partial charge in [-0.3, -0.25) is 9.59 Å². The second-order valence-electron chi connectivity index (χ2n) is 15.1. The fourth-order valence-electron chi connectivity index (χ4n) is 6.30. The Labute approximate surface area is 308 Å². The fourth-order valence-corrected chi connectivity index (χ4v) is 7.00. The van der Waals surface area contributed by atoms with E-state index in [0.717, 1.165) is 55.7 Å². The molecule has 0 aliphatic carbocycles. The lowest BCUT2D eigenvalue weighted by molar-refractivity contribution is -0.890. The van der Waals surface area contributed by atoms with Gasteiger partial charge < -0.3 is 14.0 Å². The minimum Gasteiger partial charge on any atom is -0.461 e. The number of rotatable bonds is 37. The molecule has 49 heavy (non-hydrogen) atoms. The summed E-state index contributed by atoms with van der Waals surface area (Å²) in [5.74, 6) is -0.339. The fraction of sp³-hybridized carbons (Fsp3) is 0.860. The number of esters is 2. The summed E-state index contributed by atoms with van der Waals surface area (Å²) in [5, 5.41) is 0. The standard InChI is InChI=1S/C43H83NO4P/c1-5-7-9-11-13-15-17-19-21-23-25-27-29-31-33-35-42(45)47-40-41(39-44(3,4)37-38-49)48-43(46)36-34-32-30-28-26-24-22-20-18-16-14-12-10-8-6-2/h19-22,41H,5-18,23-40,49H2,1-4H3/q+1/b21-19-,22-20-. The highest BCUT2D eigenvalue weighted by molar-refractivity contribution is 7.16. The molecule has 0 aromatic heterocycles. The summed E-state index contributed by atoms with van der Waals surface area (Å²) in [6.07, 6.45) is 43.0. The highest BCUT2D eigenvalue weighted by atomic mass is 31.0. The third-order valence-electron chi connectivity index (χ3n) is 9.45. The number of carbonyl (C=O) groups is 2. The van der Waals surface area contributed by atoms with Gasteiger partial charge in [0, 0.05) is 19.0 Å². The highest BCUT2D eigenvalue weighted by Crippen LogP contribution is 2.14. The molecule has 0 saturated carbocycles. The first-order valence-corrected chi connectivity index (χ1v) is 21.8. The van der Waals surface area contributed by atoms with Crippen LogP contribution in [-0.4, -0.2) is 62.5 Å². The zero-order valence-electron chi connectivity index (χ0n) is 33.2. The van der Waals surface area contributed by atoms with Crippen molar-refractivity contribution in [1.82, 2.24) is 0 Å². The van der Waals surface area contributed by atoms with Crippen LogP contribution < -0.4 is 0 Å². The Morgan fingerprint density at radius 1 is 0.551 bits per heavy atom. The number of quaternary nitrogens is 1. The molecule has 0 rings (SSSR count). The SMILES string of the molecule is CCCCCCCC/C=C\CCCCCCCC(=O)OCC(C[N+](C)(C)CCP)OC(=O)CCCCCCC/C=C\CCCCCCCC. The Morgan fingerprint density at radius 2 is 0.918 bits per heavy atom. The summed E-state index contributed by atoms with van der Waals surface area (Å²) in [4.78, 5) is 25.2. The largest absolute Gasteiger partial charge is 0.461 e. The van der Waals surface area contributed by atoms with Crippen LogP contribution in [0, 0.1) is 0 Å². The summed E-state index contributed by atoms with van der Waals surface area (Å²) >= 11 is 0. The molecule has 2 unspecified atom stereocenters. The van der Waals surface area contributed by atoms with E-state index in [2.05, 4.69) is 61.5 Å². The van der Waals surface area contributed by atoms with Gasteiger partial charge in [-0.1, -0.05) is 141 Å². The minimum atomic E-state index is -0.403. The van der Waals surface area contributed by atoms with E-state index < -0.39 is 6.10 Å². The van der Waals surface area contributed by atoms with Crippen molar-refractivity contribution in [2.45, 2.75) is 200 Å². The highest BCUT2D eigenvalue weighted by Gasteiger charge is 2.26. The molecule has 0 saturated heterocycles. The molecule has 0 bridgehead atoms. The molecule has 0 radical (unpaired) electrons. The lowest BCUT2D eigenvalue weighted by atomic mass is 10.1. The second kappa shape index (κ2) is 36.6. The Bertz CT molecular complexity index is 797. The van der Waals surface area contributed by atoms with Crippen molar-refractivity contribution < 1.29 is 23.5 Å². The van der Waals surface area contributed by atoms with Gasteiger partial charge in [-0.2, -0.15) is 0 Å². The molecule has 288 valence electrons. The molecule has 0 aromatic carbocycles. The molecule has 0 heterocycles. The quantitative estimate of drug-likeness (QED) is 0.0212. The Morgan fingerprint density at radius 3 is 1.33 bits per heavy atom. The van der Waals surface area contributed by atoms with E-state index in [9.17, 15) is 9.59 Å². The van der Waals surface area contributed by atoms with Gasteiger partial charge in [-0.05, 0) is 64.2 Å². The Balaban J connectivity index is 4.07. The van der Waals surface area contributed by atoms with Crippen LogP contribution in [0.1, 0.15) is 194 Å². The van der Waals surface area contributed by atoms with Gasteiger partial charge in [-0.15, -0.1) is 9.24 Å². The number of ether oxygens (including phenoxy) is 2. The van der Waals surface area contributed by atoms with E-state index in [-0.39, 0.29) is 18.5 Å². The minimum absolute atomic E-state index is 0.153. The molecule has 0 spiro atoms. The third kappa shape index (κ3) is 36.4. The molecular weight excluding hydrogens is 625 g/mol. The molecule has 0 N–H and O–H groups in total. The maximum absolute atomic E-state index is 12.7. The molecule has 0 aliphatic rings. The van der Waals surface area contributed by atoms with Crippen molar-refractivity contribution in [3.63, 3.8) is 0 Å². The van der Waals surface area contributed by atoms with Gasteiger partial charge in [-0.25, -0.2) is 0 Å². The first-order chi connectivity index (χ1) is 23.8. The van der Waals surface area contributed by atoms with Crippen LogP contribution in [0.4, 0.5) is 0 Å². The van der Waals surface area contributed by atoms with Crippen LogP contribution in [0.15, 0.2) is 24.3 Å². The molecular formula is C43H83NO4P+. The van der Waals surface area contributed by atoms with Crippen molar-refractivity contribution in [1.29, 1.82) is 0 Å². The predicted molar refractivity (Wildman–Crippen MR) is 216 cm³/mol. The molecule has 0 aliphatic heterocycles. The van der Waals surface area contributed by atoms with Gasteiger partial charge in [0.2, 0.25) is 0 Å². The van der Waals surface area contributed by atoms with Gasteiger partial charge in [0.15, 0.2) is 6.10 Å². The average Bonchev–Trinajstić information content (AvgIpc) is 3.07. The number of carbonyl (C=O) groups excluding carboxylic acids is 2. The normalized spacial score (nSPS) is 12.7. The summed E-state index contributed by atoms with van der Waals surface area (Å²) in [5.41, 5.74) is 0. The van der Waals surface area contributed by atoms with Gasteiger partial charge >= 0.3 is 11.9 Å². The molecule has 0 aromatic rings. The molecule has 0 fully saturated rings.